The predicted molar refractivity (Wildman–Crippen MR) is 77.0 cm³/mol. The van der Waals surface area contributed by atoms with Crippen LogP contribution in [0.3, 0.4) is 0 Å². The van der Waals surface area contributed by atoms with Gasteiger partial charge in [-0.2, -0.15) is 0 Å². The minimum atomic E-state index is -0.959. The molecule has 0 saturated carbocycles. The van der Waals surface area contributed by atoms with Crippen LogP contribution in [0.4, 0.5) is 0 Å². The summed E-state index contributed by atoms with van der Waals surface area (Å²) in [5.74, 6) is 0. The van der Waals surface area contributed by atoms with Gasteiger partial charge < -0.3 is 15.6 Å². The summed E-state index contributed by atoms with van der Waals surface area (Å²) in [6.45, 7) is 7.72. The number of ether oxygens (including phenoxy) is 1. The highest BCUT2D eigenvalue weighted by molar-refractivity contribution is 5.34. The van der Waals surface area contributed by atoms with Crippen molar-refractivity contribution in [1.82, 2.24) is 0 Å². The van der Waals surface area contributed by atoms with Crippen LogP contribution >= 0.6 is 0 Å². The molecule has 3 heteroatoms. The fourth-order valence-electron chi connectivity index (χ4n) is 3.16. The summed E-state index contributed by atoms with van der Waals surface area (Å²) in [7, 11) is 0. The van der Waals surface area contributed by atoms with E-state index in [4.69, 9.17) is 10.5 Å². The van der Waals surface area contributed by atoms with Crippen molar-refractivity contribution < 1.29 is 9.84 Å². The number of aryl methyl sites for hydroxylation is 2. The Morgan fingerprint density at radius 3 is 2.42 bits per heavy atom. The van der Waals surface area contributed by atoms with Crippen LogP contribution in [0, 0.1) is 19.3 Å². The van der Waals surface area contributed by atoms with Crippen molar-refractivity contribution in [2.45, 2.75) is 39.2 Å². The molecule has 1 aromatic carbocycles. The van der Waals surface area contributed by atoms with E-state index >= 15 is 0 Å². The zero-order valence-electron chi connectivity index (χ0n) is 12.2. The largest absolute Gasteiger partial charge is 0.385 e. The summed E-state index contributed by atoms with van der Waals surface area (Å²) < 4.78 is 5.60. The smallest absolute Gasteiger partial charge is 0.0958 e. The number of nitrogens with two attached hydrogens (primary N) is 1. The maximum Gasteiger partial charge on any atom is 0.0958 e. The van der Waals surface area contributed by atoms with Crippen LogP contribution in [-0.4, -0.2) is 24.9 Å². The van der Waals surface area contributed by atoms with Gasteiger partial charge in [-0.05, 0) is 39.2 Å². The quantitative estimate of drug-likeness (QED) is 0.879. The van der Waals surface area contributed by atoms with Gasteiger partial charge >= 0.3 is 0 Å². The van der Waals surface area contributed by atoms with Gasteiger partial charge in [-0.1, -0.05) is 29.3 Å². The molecular formula is C16H25NO2. The molecule has 1 aliphatic heterocycles. The highest BCUT2D eigenvalue weighted by Gasteiger charge is 2.48. The molecule has 1 heterocycles. The minimum Gasteiger partial charge on any atom is -0.385 e. The average Bonchev–Trinajstić information content (AvgIpc) is 2.38. The fraction of sp³-hybridized carbons (Fsp3) is 0.625. The number of hydrogen-bond acceptors (Lipinski definition) is 3. The minimum absolute atomic E-state index is 0.383. The molecule has 2 rings (SSSR count). The van der Waals surface area contributed by atoms with Gasteiger partial charge in [0.25, 0.3) is 0 Å². The first kappa shape index (κ1) is 14.5. The highest BCUT2D eigenvalue weighted by Crippen LogP contribution is 2.45. The molecular weight excluding hydrogens is 238 g/mol. The summed E-state index contributed by atoms with van der Waals surface area (Å²) in [6, 6.07) is 6.23. The Kier molecular flexibility index (Phi) is 4.00. The van der Waals surface area contributed by atoms with Crippen molar-refractivity contribution in [1.29, 1.82) is 0 Å². The molecule has 2 unspecified atom stereocenters. The number of rotatable bonds is 3. The molecule has 1 aliphatic rings. The molecule has 0 bridgehead atoms. The van der Waals surface area contributed by atoms with Gasteiger partial charge in [0.1, 0.15) is 0 Å². The van der Waals surface area contributed by atoms with Crippen LogP contribution in [0.25, 0.3) is 0 Å². The second-order valence-corrected chi connectivity index (χ2v) is 6.09. The van der Waals surface area contributed by atoms with Crippen molar-refractivity contribution in [3.05, 3.63) is 34.9 Å². The van der Waals surface area contributed by atoms with Crippen LogP contribution in [0.15, 0.2) is 18.2 Å². The lowest BCUT2D eigenvalue weighted by molar-refractivity contribution is -0.139. The number of aliphatic hydroxyl groups is 1. The maximum atomic E-state index is 11.1. The Bertz CT molecular complexity index is 428. The van der Waals surface area contributed by atoms with E-state index in [0.717, 1.165) is 25.0 Å². The maximum absolute atomic E-state index is 11.1. The van der Waals surface area contributed by atoms with E-state index < -0.39 is 5.60 Å². The van der Waals surface area contributed by atoms with E-state index in [1.807, 2.05) is 6.92 Å². The van der Waals surface area contributed by atoms with Crippen LogP contribution in [0.1, 0.15) is 36.5 Å². The van der Waals surface area contributed by atoms with Gasteiger partial charge in [-0.3, -0.25) is 0 Å². The third kappa shape index (κ3) is 2.55. The summed E-state index contributed by atoms with van der Waals surface area (Å²) in [5.41, 5.74) is 7.93. The molecule has 2 atom stereocenters. The molecule has 0 amide bonds. The Balaban J connectivity index is 2.43. The number of benzene rings is 1. The third-order valence-electron chi connectivity index (χ3n) is 4.53. The van der Waals surface area contributed by atoms with E-state index in [1.54, 1.807) is 0 Å². The second-order valence-electron chi connectivity index (χ2n) is 6.09. The molecule has 106 valence electrons. The Hall–Kier alpha value is -0.900. The Labute approximate surface area is 115 Å². The van der Waals surface area contributed by atoms with E-state index in [9.17, 15) is 5.11 Å². The van der Waals surface area contributed by atoms with Crippen molar-refractivity contribution in [3.8, 4) is 0 Å². The lowest BCUT2D eigenvalue weighted by Gasteiger charge is -2.47. The molecule has 1 aromatic rings. The van der Waals surface area contributed by atoms with Crippen LogP contribution in [0.5, 0.6) is 0 Å². The molecule has 0 aromatic heterocycles. The normalized spacial score (nSPS) is 27.0. The predicted octanol–water partition coefficient (Wildman–Crippen LogP) is 2.27. The molecule has 1 fully saturated rings. The topological polar surface area (TPSA) is 55.5 Å². The Morgan fingerprint density at radius 1 is 1.32 bits per heavy atom. The molecule has 19 heavy (non-hydrogen) atoms. The molecule has 1 saturated heterocycles. The lowest BCUT2D eigenvalue weighted by Crippen LogP contribution is -2.53. The first-order valence-corrected chi connectivity index (χ1v) is 7.00. The van der Waals surface area contributed by atoms with Gasteiger partial charge in [0, 0.05) is 18.6 Å². The number of hydrogen-bond donors (Lipinski definition) is 2. The second kappa shape index (κ2) is 5.23. The highest BCUT2D eigenvalue weighted by atomic mass is 16.5. The zero-order valence-corrected chi connectivity index (χ0v) is 12.2. The third-order valence-corrected chi connectivity index (χ3v) is 4.53. The molecule has 0 radical (unpaired) electrons. The van der Waals surface area contributed by atoms with Crippen molar-refractivity contribution >= 4 is 0 Å². The molecule has 3 N–H and O–H groups in total. The van der Waals surface area contributed by atoms with E-state index in [2.05, 4.69) is 32.0 Å². The van der Waals surface area contributed by atoms with E-state index in [1.165, 1.54) is 11.1 Å². The monoisotopic (exact) mass is 263 g/mol. The first-order valence-electron chi connectivity index (χ1n) is 7.00. The first-order chi connectivity index (χ1) is 8.91. The van der Waals surface area contributed by atoms with Gasteiger partial charge in [0.05, 0.1) is 12.2 Å². The van der Waals surface area contributed by atoms with Crippen molar-refractivity contribution in [2.24, 2.45) is 11.1 Å². The van der Waals surface area contributed by atoms with Crippen LogP contribution in [0.2, 0.25) is 0 Å². The zero-order chi connectivity index (χ0) is 14.1. The van der Waals surface area contributed by atoms with Crippen LogP contribution in [-0.2, 0) is 10.3 Å². The van der Waals surface area contributed by atoms with E-state index in [0.29, 0.717) is 13.2 Å². The van der Waals surface area contributed by atoms with Gasteiger partial charge in [-0.25, -0.2) is 0 Å². The van der Waals surface area contributed by atoms with Crippen molar-refractivity contribution in [3.63, 3.8) is 0 Å². The average molecular weight is 263 g/mol. The van der Waals surface area contributed by atoms with Crippen molar-refractivity contribution in [2.75, 3.05) is 19.8 Å². The van der Waals surface area contributed by atoms with Crippen LogP contribution < -0.4 is 5.73 Å². The molecule has 0 aliphatic carbocycles. The summed E-state index contributed by atoms with van der Waals surface area (Å²) >= 11 is 0. The van der Waals surface area contributed by atoms with Gasteiger partial charge in [0.15, 0.2) is 0 Å². The van der Waals surface area contributed by atoms with Gasteiger partial charge in [-0.15, -0.1) is 0 Å². The molecule has 3 nitrogen and oxygen atoms in total. The Morgan fingerprint density at radius 2 is 1.95 bits per heavy atom. The fourth-order valence-corrected chi connectivity index (χ4v) is 3.16. The summed E-state index contributed by atoms with van der Waals surface area (Å²) in [4.78, 5) is 0. The van der Waals surface area contributed by atoms with E-state index in [-0.39, 0.29) is 5.41 Å². The summed E-state index contributed by atoms with van der Waals surface area (Å²) in [5, 5.41) is 11.1. The standard InChI is InChI=1S/C16H25NO2/c1-12-7-13(2)9-14(8-12)15(3,18)16(10-17)5-4-6-19-11-16/h7-9,18H,4-6,10-11,17H2,1-3H3. The lowest BCUT2D eigenvalue weighted by atomic mass is 9.66. The van der Waals surface area contributed by atoms with Gasteiger partial charge in [0.2, 0.25) is 0 Å². The summed E-state index contributed by atoms with van der Waals surface area (Å²) in [6.07, 6.45) is 1.86. The molecule has 0 spiro atoms. The SMILES string of the molecule is Cc1cc(C)cc(C(C)(O)C2(CN)CCCOC2)c1.